The zero-order valence-electron chi connectivity index (χ0n) is 16.7. The van der Waals surface area contributed by atoms with E-state index in [1.807, 2.05) is 18.3 Å². The number of aromatic nitrogens is 1. The SMILES string of the molecule is CN=C(NCc1ccc(OC)nc1)N1CCc2cc(OC)c(OC)cc2C1.I. The predicted molar refractivity (Wildman–Crippen MR) is 120 cm³/mol. The van der Waals surface area contributed by atoms with Gasteiger partial charge in [-0.1, -0.05) is 6.07 Å². The van der Waals surface area contributed by atoms with Crippen molar-refractivity contribution < 1.29 is 14.2 Å². The number of ether oxygens (including phenoxy) is 3. The summed E-state index contributed by atoms with van der Waals surface area (Å²) in [5, 5.41) is 3.41. The van der Waals surface area contributed by atoms with Gasteiger partial charge in [0.25, 0.3) is 0 Å². The van der Waals surface area contributed by atoms with E-state index in [4.69, 9.17) is 14.2 Å². The first-order chi connectivity index (χ1) is 13.2. The summed E-state index contributed by atoms with van der Waals surface area (Å²) < 4.78 is 16.0. The Morgan fingerprint density at radius 2 is 1.82 bits per heavy atom. The van der Waals surface area contributed by atoms with Crippen LogP contribution in [0.4, 0.5) is 0 Å². The average molecular weight is 498 g/mol. The van der Waals surface area contributed by atoms with Crippen LogP contribution in [0.3, 0.4) is 0 Å². The molecule has 0 amide bonds. The largest absolute Gasteiger partial charge is 0.493 e. The van der Waals surface area contributed by atoms with Crippen molar-refractivity contribution in [2.75, 3.05) is 34.9 Å². The minimum Gasteiger partial charge on any atom is -0.493 e. The van der Waals surface area contributed by atoms with Crippen LogP contribution in [-0.4, -0.2) is 50.8 Å². The lowest BCUT2D eigenvalue weighted by molar-refractivity contribution is 0.346. The van der Waals surface area contributed by atoms with Crippen molar-refractivity contribution in [3.8, 4) is 17.4 Å². The van der Waals surface area contributed by atoms with E-state index in [9.17, 15) is 0 Å². The molecule has 1 N–H and O–H groups in total. The van der Waals surface area contributed by atoms with Crippen molar-refractivity contribution in [2.24, 2.45) is 4.99 Å². The fourth-order valence-corrected chi connectivity index (χ4v) is 3.21. The van der Waals surface area contributed by atoms with Crippen molar-refractivity contribution in [3.05, 3.63) is 47.2 Å². The third-order valence-corrected chi connectivity index (χ3v) is 4.69. The van der Waals surface area contributed by atoms with Gasteiger partial charge < -0.3 is 24.4 Å². The van der Waals surface area contributed by atoms with Gasteiger partial charge in [0.2, 0.25) is 5.88 Å². The van der Waals surface area contributed by atoms with Gasteiger partial charge in [0, 0.05) is 38.9 Å². The summed E-state index contributed by atoms with van der Waals surface area (Å²) in [5.41, 5.74) is 3.59. The van der Waals surface area contributed by atoms with Gasteiger partial charge >= 0.3 is 0 Å². The molecule has 0 atom stereocenters. The predicted octanol–water partition coefficient (Wildman–Crippen LogP) is 2.86. The Morgan fingerprint density at radius 3 is 2.39 bits per heavy atom. The molecule has 0 radical (unpaired) electrons. The van der Waals surface area contributed by atoms with Crippen LogP contribution in [-0.2, 0) is 19.5 Å². The van der Waals surface area contributed by atoms with E-state index in [1.54, 1.807) is 28.4 Å². The van der Waals surface area contributed by atoms with Crippen molar-refractivity contribution >= 4 is 29.9 Å². The third-order valence-electron chi connectivity index (χ3n) is 4.69. The highest BCUT2D eigenvalue weighted by Gasteiger charge is 2.21. The number of hydrogen-bond acceptors (Lipinski definition) is 5. The molecule has 1 aromatic carbocycles. The smallest absolute Gasteiger partial charge is 0.212 e. The second kappa shape index (κ2) is 10.4. The number of guanidine groups is 1. The minimum atomic E-state index is 0. The molecule has 0 saturated heterocycles. The molecular formula is C20H27IN4O3. The Labute approximate surface area is 183 Å². The number of hydrogen-bond donors (Lipinski definition) is 1. The molecule has 3 rings (SSSR count). The molecule has 1 aliphatic heterocycles. The number of aliphatic imine (C=N–C) groups is 1. The van der Waals surface area contributed by atoms with Gasteiger partial charge in [-0.2, -0.15) is 0 Å². The molecule has 0 spiro atoms. The van der Waals surface area contributed by atoms with Crippen LogP contribution >= 0.6 is 24.0 Å². The van der Waals surface area contributed by atoms with E-state index >= 15 is 0 Å². The van der Waals surface area contributed by atoms with E-state index < -0.39 is 0 Å². The summed E-state index contributed by atoms with van der Waals surface area (Å²) >= 11 is 0. The summed E-state index contributed by atoms with van der Waals surface area (Å²) in [6.07, 6.45) is 2.74. The number of fused-ring (bicyclic) bond motifs is 1. The lowest BCUT2D eigenvalue weighted by atomic mass is 9.99. The van der Waals surface area contributed by atoms with Crippen LogP contribution in [0.1, 0.15) is 16.7 Å². The van der Waals surface area contributed by atoms with Crippen molar-refractivity contribution in [3.63, 3.8) is 0 Å². The van der Waals surface area contributed by atoms with Crippen LogP contribution < -0.4 is 19.5 Å². The molecule has 1 aromatic heterocycles. The quantitative estimate of drug-likeness (QED) is 0.389. The van der Waals surface area contributed by atoms with Crippen LogP contribution in [0.15, 0.2) is 35.5 Å². The van der Waals surface area contributed by atoms with E-state index in [0.29, 0.717) is 12.4 Å². The molecule has 2 heterocycles. The molecule has 0 aliphatic carbocycles. The Morgan fingerprint density at radius 1 is 1.11 bits per heavy atom. The fraction of sp³-hybridized carbons (Fsp3) is 0.400. The normalized spacial score (nSPS) is 13.3. The zero-order chi connectivity index (χ0) is 19.2. The van der Waals surface area contributed by atoms with Crippen molar-refractivity contribution in [2.45, 2.75) is 19.5 Å². The summed E-state index contributed by atoms with van der Waals surface area (Å²) in [6, 6.07) is 7.98. The highest BCUT2D eigenvalue weighted by atomic mass is 127. The first-order valence-corrected chi connectivity index (χ1v) is 8.86. The fourth-order valence-electron chi connectivity index (χ4n) is 3.21. The maximum Gasteiger partial charge on any atom is 0.212 e. The molecule has 2 aromatic rings. The van der Waals surface area contributed by atoms with Gasteiger partial charge in [-0.3, -0.25) is 4.99 Å². The molecule has 28 heavy (non-hydrogen) atoms. The van der Waals surface area contributed by atoms with Crippen LogP contribution in [0.2, 0.25) is 0 Å². The maximum atomic E-state index is 5.44. The molecule has 0 fully saturated rings. The van der Waals surface area contributed by atoms with Gasteiger partial charge in [-0.25, -0.2) is 4.98 Å². The molecule has 0 bridgehead atoms. The second-order valence-electron chi connectivity index (χ2n) is 6.26. The van der Waals surface area contributed by atoms with Crippen molar-refractivity contribution in [1.82, 2.24) is 15.2 Å². The highest BCUT2D eigenvalue weighted by molar-refractivity contribution is 14.0. The summed E-state index contributed by atoms with van der Waals surface area (Å²) in [5.74, 6) is 3.01. The topological polar surface area (TPSA) is 68.2 Å². The summed E-state index contributed by atoms with van der Waals surface area (Å²) in [7, 11) is 6.74. The van der Waals surface area contributed by atoms with Gasteiger partial charge in [-0.05, 0) is 35.2 Å². The molecule has 1 aliphatic rings. The third kappa shape index (κ3) is 4.98. The van der Waals surface area contributed by atoms with Gasteiger partial charge in [-0.15, -0.1) is 24.0 Å². The van der Waals surface area contributed by atoms with Gasteiger partial charge in [0.05, 0.1) is 21.3 Å². The molecule has 0 unspecified atom stereocenters. The molecule has 7 nitrogen and oxygen atoms in total. The standard InChI is InChI=1S/C20H26N4O3.HI/c1-21-20(23-12-14-5-6-19(27-4)22-11-14)24-8-7-15-9-17(25-2)18(26-3)10-16(15)13-24;/h5-6,9-11H,7-8,12-13H2,1-4H3,(H,21,23);1H. The second-order valence-corrected chi connectivity index (χ2v) is 6.26. The summed E-state index contributed by atoms with van der Waals surface area (Å²) in [6.45, 7) is 2.32. The number of halogens is 1. The maximum absolute atomic E-state index is 5.44. The van der Waals surface area contributed by atoms with Crippen LogP contribution in [0.5, 0.6) is 17.4 Å². The summed E-state index contributed by atoms with van der Waals surface area (Å²) in [4.78, 5) is 10.9. The van der Waals surface area contributed by atoms with Crippen LogP contribution in [0.25, 0.3) is 0 Å². The number of pyridine rings is 1. The van der Waals surface area contributed by atoms with Crippen molar-refractivity contribution in [1.29, 1.82) is 0 Å². The Kier molecular flexibility index (Phi) is 8.16. The lowest BCUT2D eigenvalue weighted by Gasteiger charge is -2.32. The first-order valence-electron chi connectivity index (χ1n) is 8.86. The highest BCUT2D eigenvalue weighted by Crippen LogP contribution is 2.33. The van der Waals surface area contributed by atoms with Gasteiger partial charge in [0.15, 0.2) is 17.5 Å². The Hall–Kier alpha value is -2.23. The zero-order valence-corrected chi connectivity index (χ0v) is 19.0. The number of methoxy groups -OCH3 is 3. The Balaban J connectivity index is 0.00000280. The molecule has 152 valence electrons. The van der Waals surface area contributed by atoms with E-state index in [2.05, 4.69) is 32.3 Å². The number of rotatable bonds is 5. The molecule has 8 heteroatoms. The van der Waals surface area contributed by atoms with E-state index in [0.717, 1.165) is 42.5 Å². The van der Waals surface area contributed by atoms with E-state index in [-0.39, 0.29) is 24.0 Å². The number of benzene rings is 1. The van der Waals surface area contributed by atoms with Crippen LogP contribution in [0, 0.1) is 0 Å². The Bertz CT molecular complexity index is 812. The monoisotopic (exact) mass is 498 g/mol. The lowest BCUT2D eigenvalue weighted by Crippen LogP contribution is -2.43. The molecule has 0 saturated carbocycles. The molecular weight excluding hydrogens is 471 g/mol. The minimum absolute atomic E-state index is 0. The number of nitrogens with zero attached hydrogens (tertiary/aromatic N) is 3. The van der Waals surface area contributed by atoms with E-state index in [1.165, 1.54) is 11.1 Å². The van der Waals surface area contributed by atoms with Gasteiger partial charge in [0.1, 0.15) is 0 Å². The average Bonchev–Trinajstić information content (AvgIpc) is 2.73. The number of nitrogens with one attached hydrogen (secondary N) is 1. The first kappa shape index (κ1) is 22.1.